The molecule has 1 saturated heterocycles. The van der Waals surface area contributed by atoms with Crippen LogP contribution in [-0.4, -0.2) is 37.1 Å². The second kappa shape index (κ2) is 6.30. The molecule has 2 unspecified atom stereocenters. The van der Waals surface area contributed by atoms with Crippen LogP contribution in [0.5, 0.6) is 0 Å². The van der Waals surface area contributed by atoms with Crippen molar-refractivity contribution in [2.45, 2.75) is 32.2 Å². The van der Waals surface area contributed by atoms with Crippen LogP contribution in [0.2, 0.25) is 0 Å². The van der Waals surface area contributed by atoms with E-state index < -0.39 is 0 Å². The molecule has 1 fully saturated rings. The normalized spacial score (nSPS) is 25.3. The largest absolute Gasteiger partial charge is 0.313 e. The summed E-state index contributed by atoms with van der Waals surface area (Å²) in [5, 5.41) is 3.54. The summed E-state index contributed by atoms with van der Waals surface area (Å²) in [6.07, 6.45) is 1.15. The molecule has 0 spiro atoms. The van der Waals surface area contributed by atoms with Gasteiger partial charge in [0.15, 0.2) is 0 Å². The highest BCUT2D eigenvalue weighted by molar-refractivity contribution is 5.22. The Kier molecular flexibility index (Phi) is 4.72. The lowest BCUT2D eigenvalue weighted by atomic mass is 9.88. The van der Waals surface area contributed by atoms with Crippen molar-refractivity contribution < 1.29 is 4.39 Å². The molecular weight excluding hydrogens is 227 g/mol. The lowest BCUT2D eigenvalue weighted by molar-refractivity contribution is 0.180. The first-order valence-electron chi connectivity index (χ1n) is 6.94. The number of rotatable bonds is 4. The van der Waals surface area contributed by atoms with Gasteiger partial charge in [0.25, 0.3) is 0 Å². The summed E-state index contributed by atoms with van der Waals surface area (Å²) in [4.78, 5) is 2.48. The van der Waals surface area contributed by atoms with Crippen molar-refractivity contribution >= 4 is 0 Å². The smallest absolute Gasteiger partial charge is 0.123 e. The van der Waals surface area contributed by atoms with E-state index in [-0.39, 0.29) is 5.82 Å². The minimum Gasteiger partial charge on any atom is -0.313 e. The first-order chi connectivity index (χ1) is 8.72. The monoisotopic (exact) mass is 250 g/mol. The van der Waals surface area contributed by atoms with Gasteiger partial charge in [-0.15, -0.1) is 0 Å². The summed E-state index contributed by atoms with van der Waals surface area (Å²) in [6, 6.07) is 7.56. The zero-order valence-corrected chi connectivity index (χ0v) is 11.3. The van der Waals surface area contributed by atoms with Gasteiger partial charge < -0.3 is 10.2 Å². The summed E-state index contributed by atoms with van der Waals surface area (Å²) in [5.74, 6) is 0.369. The summed E-state index contributed by atoms with van der Waals surface area (Å²) in [5.41, 5.74) is 1.26. The Hall–Kier alpha value is -0.930. The molecule has 0 saturated carbocycles. The van der Waals surface area contributed by atoms with E-state index in [0.717, 1.165) is 32.6 Å². The van der Waals surface area contributed by atoms with Crippen molar-refractivity contribution in [3.05, 3.63) is 35.6 Å². The van der Waals surface area contributed by atoms with E-state index in [4.69, 9.17) is 0 Å². The third kappa shape index (κ3) is 3.30. The van der Waals surface area contributed by atoms with Crippen molar-refractivity contribution in [1.82, 2.24) is 10.2 Å². The van der Waals surface area contributed by atoms with Gasteiger partial charge in [0.1, 0.15) is 5.82 Å². The second-order valence-corrected chi connectivity index (χ2v) is 5.09. The molecular formula is C15H23FN2. The van der Waals surface area contributed by atoms with Crippen molar-refractivity contribution in [2.75, 3.05) is 26.2 Å². The molecule has 1 heterocycles. The number of likely N-dealkylation sites (tertiary alicyclic amines) is 1. The summed E-state index contributed by atoms with van der Waals surface area (Å²) in [7, 11) is 0. The molecule has 1 N–H and O–H groups in total. The zero-order valence-electron chi connectivity index (χ0n) is 11.3. The molecule has 0 aliphatic carbocycles. The average Bonchev–Trinajstić information content (AvgIpc) is 2.39. The summed E-state index contributed by atoms with van der Waals surface area (Å²) < 4.78 is 13.0. The number of nitrogens with one attached hydrogen (secondary N) is 1. The van der Waals surface area contributed by atoms with Gasteiger partial charge in [0, 0.05) is 19.1 Å². The van der Waals surface area contributed by atoms with Crippen LogP contribution in [0, 0.1) is 5.82 Å². The molecule has 0 amide bonds. The van der Waals surface area contributed by atoms with Gasteiger partial charge in [-0.2, -0.15) is 0 Å². The Labute approximate surface area is 109 Å². The maximum absolute atomic E-state index is 13.0. The molecule has 0 aromatic heterocycles. The molecule has 2 nitrogen and oxygen atoms in total. The maximum Gasteiger partial charge on any atom is 0.123 e. The van der Waals surface area contributed by atoms with E-state index in [1.807, 2.05) is 12.1 Å². The number of hydrogen-bond donors (Lipinski definition) is 1. The van der Waals surface area contributed by atoms with Crippen LogP contribution in [0.15, 0.2) is 24.3 Å². The highest BCUT2D eigenvalue weighted by atomic mass is 19.1. The van der Waals surface area contributed by atoms with Gasteiger partial charge in [-0.05, 0) is 43.1 Å². The number of benzene rings is 1. The molecule has 0 radical (unpaired) electrons. The van der Waals surface area contributed by atoms with Gasteiger partial charge in [-0.1, -0.05) is 26.0 Å². The van der Waals surface area contributed by atoms with Gasteiger partial charge >= 0.3 is 0 Å². The number of halogens is 1. The fraction of sp³-hybridized carbons (Fsp3) is 0.600. The maximum atomic E-state index is 13.0. The van der Waals surface area contributed by atoms with Crippen LogP contribution < -0.4 is 5.32 Å². The van der Waals surface area contributed by atoms with E-state index in [1.54, 1.807) is 12.1 Å². The Morgan fingerprint density at radius 3 is 2.56 bits per heavy atom. The van der Waals surface area contributed by atoms with Crippen LogP contribution in [0.3, 0.4) is 0 Å². The minimum absolute atomic E-state index is 0.148. The predicted molar refractivity (Wildman–Crippen MR) is 73.3 cm³/mol. The molecule has 100 valence electrons. The standard InChI is InChI=1S/C15H23FN2/c1-3-17-15-9-13(10-18(4-2)11-15)12-5-7-14(16)8-6-12/h5-8,13,15,17H,3-4,9-11H2,1-2H3. The molecule has 1 aromatic carbocycles. The van der Waals surface area contributed by atoms with Crippen LogP contribution >= 0.6 is 0 Å². The van der Waals surface area contributed by atoms with E-state index in [0.29, 0.717) is 12.0 Å². The Balaban J connectivity index is 2.08. The van der Waals surface area contributed by atoms with Crippen LogP contribution in [-0.2, 0) is 0 Å². The van der Waals surface area contributed by atoms with Gasteiger partial charge in [-0.3, -0.25) is 0 Å². The first-order valence-corrected chi connectivity index (χ1v) is 6.94. The molecule has 3 heteroatoms. The Morgan fingerprint density at radius 1 is 1.22 bits per heavy atom. The zero-order chi connectivity index (χ0) is 13.0. The molecule has 1 aromatic rings. The van der Waals surface area contributed by atoms with Crippen molar-refractivity contribution in [3.63, 3.8) is 0 Å². The van der Waals surface area contributed by atoms with Crippen LogP contribution in [0.1, 0.15) is 31.7 Å². The number of likely N-dealkylation sites (N-methyl/N-ethyl adjacent to an activating group) is 2. The summed E-state index contributed by atoms with van der Waals surface area (Å²) >= 11 is 0. The van der Waals surface area contributed by atoms with Gasteiger partial charge in [0.05, 0.1) is 0 Å². The highest BCUT2D eigenvalue weighted by Crippen LogP contribution is 2.27. The quantitative estimate of drug-likeness (QED) is 0.883. The molecule has 2 atom stereocenters. The van der Waals surface area contributed by atoms with E-state index in [1.165, 1.54) is 5.56 Å². The Bertz CT molecular complexity index is 363. The van der Waals surface area contributed by atoms with Crippen molar-refractivity contribution in [2.24, 2.45) is 0 Å². The SMILES string of the molecule is CCNC1CC(c2ccc(F)cc2)CN(CC)C1. The fourth-order valence-electron chi connectivity index (χ4n) is 2.86. The first kappa shape index (κ1) is 13.5. The van der Waals surface area contributed by atoms with Crippen LogP contribution in [0.4, 0.5) is 4.39 Å². The van der Waals surface area contributed by atoms with E-state index in [9.17, 15) is 4.39 Å². The molecule has 0 bridgehead atoms. The third-order valence-electron chi connectivity index (χ3n) is 3.81. The molecule has 18 heavy (non-hydrogen) atoms. The van der Waals surface area contributed by atoms with E-state index >= 15 is 0 Å². The molecule has 1 aliphatic rings. The highest BCUT2D eigenvalue weighted by Gasteiger charge is 2.26. The minimum atomic E-state index is -0.148. The number of hydrogen-bond acceptors (Lipinski definition) is 2. The lowest BCUT2D eigenvalue weighted by Gasteiger charge is -2.38. The Morgan fingerprint density at radius 2 is 1.94 bits per heavy atom. The molecule has 1 aliphatic heterocycles. The predicted octanol–water partition coefficient (Wildman–Crippen LogP) is 2.61. The van der Waals surface area contributed by atoms with Crippen molar-refractivity contribution in [1.29, 1.82) is 0 Å². The van der Waals surface area contributed by atoms with Crippen molar-refractivity contribution in [3.8, 4) is 0 Å². The average molecular weight is 250 g/mol. The fourth-order valence-corrected chi connectivity index (χ4v) is 2.86. The summed E-state index contributed by atoms with van der Waals surface area (Å²) in [6.45, 7) is 8.66. The molecule has 2 rings (SSSR count). The number of nitrogens with zero attached hydrogens (tertiary/aromatic N) is 1. The van der Waals surface area contributed by atoms with Gasteiger partial charge in [0.2, 0.25) is 0 Å². The second-order valence-electron chi connectivity index (χ2n) is 5.09. The number of piperidine rings is 1. The van der Waals surface area contributed by atoms with Crippen LogP contribution in [0.25, 0.3) is 0 Å². The lowest BCUT2D eigenvalue weighted by Crippen LogP contribution is -2.48. The third-order valence-corrected chi connectivity index (χ3v) is 3.81. The topological polar surface area (TPSA) is 15.3 Å². The van der Waals surface area contributed by atoms with Gasteiger partial charge in [-0.25, -0.2) is 4.39 Å². The van der Waals surface area contributed by atoms with E-state index in [2.05, 4.69) is 24.1 Å².